The Kier molecular flexibility index (Phi) is 3.27. The molecule has 3 heterocycles. The topological polar surface area (TPSA) is 51.9 Å². The van der Waals surface area contributed by atoms with Crippen LogP contribution >= 0.6 is 0 Å². The average molecular weight is 291 g/mol. The highest BCUT2D eigenvalue weighted by atomic mass is 16.5. The Hall–Kier alpha value is -1.33. The highest BCUT2D eigenvalue weighted by Crippen LogP contribution is 2.37. The zero-order chi connectivity index (χ0) is 14.3. The Balaban J connectivity index is 1.31. The molecule has 1 amide bonds. The summed E-state index contributed by atoms with van der Waals surface area (Å²) < 4.78 is 16.9. The van der Waals surface area contributed by atoms with Gasteiger partial charge in [0.2, 0.25) is 0 Å². The lowest BCUT2D eigenvalue weighted by Gasteiger charge is -2.52. The zero-order valence-electron chi connectivity index (χ0n) is 12.1. The molecule has 1 aliphatic carbocycles. The van der Waals surface area contributed by atoms with E-state index >= 15 is 0 Å². The molecule has 1 aromatic rings. The Morgan fingerprint density at radius 1 is 1.38 bits per heavy atom. The number of rotatable bonds is 4. The van der Waals surface area contributed by atoms with Crippen LogP contribution in [0.2, 0.25) is 0 Å². The first-order valence-corrected chi connectivity index (χ1v) is 7.81. The summed E-state index contributed by atoms with van der Waals surface area (Å²) in [4.78, 5) is 14.0. The van der Waals surface area contributed by atoms with E-state index in [2.05, 4.69) is 0 Å². The number of amides is 1. The van der Waals surface area contributed by atoms with E-state index in [0.717, 1.165) is 32.0 Å². The third-order valence-corrected chi connectivity index (χ3v) is 4.73. The molecule has 0 aromatic carbocycles. The number of carbonyl (C=O) groups excluding carboxylic acids is 1. The Morgan fingerprint density at radius 2 is 2.24 bits per heavy atom. The van der Waals surface area contributed by atoms with Gasteiger partial charge in [-0.25, -0.2) is 0 Å². The monoisotopic (exact) mass is 291 g/mol. The minimum atomic E-state index is -0.175. The lowest BCUT2D eigenvalue weighted by atomic mass is 9.84. The first-order chi connectivity index (χ1) is 10.2. The van der Waals surface area contributed by atoms with Crippen molar-refractivity contribution in [3.05, 3.63) is 24.2 Å². The largest absolute Gasteiger partial charge is 0.472 e. The van der Waals surface area contributed by atoms with Crippen molar-refractivity contribution in [3.63, 3.8) is 0 Å². The van der Waals surface area contributed by atoms with Crippen LogP contribution in [0.15, 0.2) is 23.0 Å². The van der Waals surface area contributed by atoms with Crippen LogP contribution < -0.4 is 0 Å². The van der Waals surface area contributed by atoms with Crippen LogP contribution in [0, 0.1) is 5.92 Å². The number of carbonyl (C=O) groups is 1. The number of hydrogen-bond donors (Lipinski definition) is 0. The van der Waals surface area contributed by atoms with Crippen molar-refractivity contribution in [2.75, 3.05) is 26.3 Å². The summed E-state index contributed by atoms with van der Waals surface area (Å²) >= 11 is 0. The van der Waals surface area contributed by atoms with E-state index in [1.165, 1.54) is 25.4 Å². The predicted molar refractivity (Wildman–Crippen MR) is 75.0 cm³/mol. The SMILES string of the molecule is O=C(c1ccoc1)N1CC2(C[C@H](OCC3CC3)CCO2)C1. The summed E-state index contributed by atoms with van der Waals surface area (Å²) in [7, 11) is 0. The van der Waals surface area contributed by atoms with Crippen LogP contribution in [0.25, 0.3) is 0 Å². The molecule has 0 radical (unpaired) electrons. The molecule has 5 heteroatoms. The molecule has 1 aromatic heterocycles. The smallest absolute Gasteiger partial charge is 0.257 e. The number of hydrogen-bond acceptors (Lipinski definition) is 4. The van der Waals surface area contributed by atoms with E-state index in [0.29, 0.717) is 24.8 Å². The molecule has 4 rings (SSSR count). The van der Waals surface area contributed by atoms with Crippen molar-refractivity contribution in [1.82, 2.24) is 4.90 Å². The molecule has 0 N–H and O–H groups in total. The van der Waals surface area contributed by atoms with Crippen LogP contribution in [-0.2, 0) is 9.47 Å². The first-order valence-electron chi connectivity index (χ1n) is 7.81. The molecule has 3 aliphatic rings. The minimum absolute atomic E-state index is 0.0268. The van der Waals surface area contributed by atoms with Gasteiger partial charge in [0.25, 0.3) is 5.91 Å². The van der Waals surface area contributed by atoms with E-state index in [-0.39, 0.29) is 11.5 Å². The average Bonchev–Trinajstić information content (AvgIpc) is 3.14. The van der Waals surface area contributed by atoms with Gasteiger partial charge in [-0.3, -0.25) is 4.79 Å². The number of nitrogens with zero attached hydrogens (tertiary/aromatic N) is 1. The molecule has 1 atom stereocenters. The summed E-state index contributed by atoms with van der Waals surface area (Å²) in [6.45, 7) is 2.97. The zero-order valence-corrected chi connectivity index (χ0v) is 12.1. The van der Waals surface area contributed by atoms with Gasteiger partial charge in [0.05, 0.1) is 31.0 Å². The molecule has 1 saturated carbocycles. The second-order valence-corrected chi connectivity index (χ2v) is 6.60. The molecule has 5 nitrogen and oxygen atoms in total. The Bertz CT molecular complexity index is 502. The Labute approximate surface area is 124 Å². The standard InChI is InChI=1S/C16H21NO4/c18-15(13-3-5-19-9-13)17-10-16(11-17)7-14(4-6-21-16)20-8-12-1-2-12/h3,5,9,12,14H,1-2,4,6-8,10-11H2/t14-/m1/s1. The molecule has 2 aliphatic heterocycles. The van der Waals surface area contributed by atoms with Crippen molar-refractivity contribution in [2.45, 2.75) is 37.4 Å². The second kappa shape index (κ2) is 5.14. The quantitative estimate of drug-likeness (QED) is 0.852. The predicted octanol–water partition coefficient (Wildman–Crippen LogP) is 2.08. The third kappa shape index (κ3) is 2.72. The molecular formula is C16H21NO4. The van der Waals surface area contributed by atoms with Crippen molar-refractivity contribution in [1.29, 1.82) is 0 Å². The fourth-order valence-electron chi connectivity index (χ4n) is 3.26. The molecule has 0 bridgehead atoms. The fourth-order valence-corrected chi connectivity index (χ4v) is 3.26. The van der Waals surface area contributed by atoms with Crippen molar-refractivity contribution in [2.24, 2.45) is 5.92 Å². The van der Waals surface area contributed by atoms with Crippen molar-refractivity contribution < 1.29 is 18.7 Å². The normalized spacial score (nSPS) is 27.6. The molecule has 21 heavy (non-hydrogen) atoms. The van der Waals surface area contributed by atoms with Gasteiger partial charge < -0.3 is 18.8 Å². The maximum absolute atomic E-state index is 12.2. The summed E-state index contributed by atoms with van der Waals surface area (Å²) in [5.74, 6) is 0.823. The molecule has 1 spiro atoms. The second-order valence-electron chi connectivity index (χ2n) is 6.60. The summed E-state index contributed by atoms with van der Waals surface area (Å²) in [5, 5.41) is 0. The van der Waals surface area contributed by atoms with E-state index in [4.69, 9.17) is 13.9 Å². The fraction of sp³-hybridized carbons (Fsp3) is 0.688. The van der Waals surface area contributed by atoms with Crippen molar-refractivity contribution in [3.8, 4) is 0 Å². The maximum atomic E-state index is 12.2. The van der Waals surface area contributed by atoms with E-state index in [9.17, 15) is 4.79 Å². The van der Waals surface area contributed by atoms with Gasteiger partial charge in [0.1, 0.15) is 11.9 Å². The molecular weight excluding hydrogens is 270 g/mol. The van der Waals surface area contributed by atoms with Crippen LogP contribution in [0.5, 0.6) is 0 Å². The molecule has 3 fully saturated rings. The van der Waals surface area contributed by atoms with E-state index in [1.54, 1.807) is 6.07 Å². The highest BCUT2D eigenvalue weighted by molar-refractivity contribution is 5.94. The first kappa shape index (κ1) is 13.3. The van der Waals surface area contributed by atoms with Crippen LogP contribution in [-0.4, -0.2) is 48.8 Å². The highest BCUT2D eigenvalue weighted by Gasteiger charge is 2.49. The molecule has 114 valence electrons. The van der Waals surface area contributed by atoms with Gasteiger partial charge in [-0.15, -0.1) is 0 Å². The third-order valence-electron chi connectivity index (χ3n) is 4.73. The van der Waals surface area contributed by atoms with Gasteiger partial charge in [0, 0.05) is 19.6 Å². The van der Waals surface area contributed by atoms with Crippen LogP contribution in [0.4, 0.5) is 0 Å². The summed E-state index contributed by atoms with van der Waals surface area (Å²) in [5.41, 5.74) is 0.438. The van der Waals surface area contributed by atoms with Gasteiger partial charge in [-0.1, -0.05) is 0 Å². The maximum Gasteiger partial charge on any atom is 0.257 e. The van der Waals surface area contributed by atoms with Crippen molar-refractivity contribution >= 4 is 5.91 Å². The van der Waals surface area contributed by atoms with Crippen LogP contribution in [0.1, 0.15) is 36.0 Å². The number of likely N-dealkylation sites (tertiary alicyclic amines) is 1. The number of furan rings is 1. The minimum Gasteiger partial charge on any atom is -0.472 e. The van der Waals surface area contributed by atoms with E-state index < -0.39 is 0 Å². The van der Waals surface area contributed by atoms with E-state index in [1.807, 2.05) is 4.90 Å². The Morgan fingerprint density at radius 3 is 2.95 bits per heavy atom. The van der Waals surface area contributed by atoms with Gasteiger partial charge >= 0.3 is 0 Å². The molecule has 2 saturated heterocycles. The number of ether oxygens (including phenoxy) is 2. The van der Waals surface area contributed by atoms with Gasteiger partial charge in [-0.2, -0.15) is 0 Å². The summed E-state index contributed by atoms with van der Waals surface area (Å²) in [6, 6.07) is 1.70. The van der Waals surface area contributed by atoms with Gasteiger partial charge in [-0.05, 0) is 31.2 Å². The van der Waals surface area contributed by atoms with Gasteiger partial charge in [0.15, 0.2) is 0 Å². The lowest BCUT2D eigenvalue weighted by molar-refractivity contribution is -0.186. The lowest BCUT2D eigenvalue weighted by Crippen LogP contribution is -2.67. The van der Waals surface area contributed by atoms with Crippen LogP contribution in [0.3, 0.4) is 0 Å². The summed E-state index contributed by atoms with van der Waals surface area (Å²) in [6.07, 6.45) is 7.85. The molecule has 0 unspecified atom stereocenters.